The minimum absolute atomic E-state index is 0.172. The maximum atomic E-state index is 13.7. The van der Waals surface area contributed by atoms with Crippen LogP contribution >= 0.6 is 0 Å². The number of anilines is 2. The number of fused-ring (bicyclic) bond motifs is 1. The lowest BCUT2D eigenvalue weighted by Crippen LogP contribution is -2.49. The summed E-state index contributed by atoms with van der Waals surface area (Å²) < 4.78 is 26.0. The number of aromatic hydroxyl groups is 1. The summed E-state index contributed by atoms with van der Waals surface area (Å²) in [5.74, 6) is -0.392. The average Bonchev–Trinajstić information content (AvgIpc) is 2.72. The second-order valence-corrected chi connectivity index (χ2v) is 11.8. The Bertz CT molecular complexity index is 1260. The van der Waals surface area contributed by atoms with Crippen molar-refractivity contribution in [2.75, 3.05) is 22.8 Å². The summed E-state index contributed by atoms with van der Waals surface area (Å²) in [6, 6.07) is 5.85. The molecule has 8 nitrogen and oxygen atoms in total. The molecule has 2 aromatic carbocycles. The van der Waals surface area contributed by atoms with Gasteiger partial charge in [0, 0.05) is 23.3 Å². The molecular formula is C25H33N3O5S. The lowest BCUT2D eigenvalue weighted by molar-refractivity contribution is -0.146. The van der Waals surface area contributed by atoms with Crippen molar-refractivity contribution < 1.29 is 23.1 Å². The third-order valence-corrected chi connectivity index (χ3v) is 6.75. The topological polar surface area (TPSA) is 116 Å². The number of phenolic OH excluding ortho intramolecular Hbond substituents is 1. The van der Waals surface area contributed by atoms with Gasteiger partial charge in [0.1, 0.15) is 11.8 Å². The fourth-order valence-corrected chi connectivity index (χ4v) is 4.78. The van der Waals surface area contributed by atoms with E-state index in [2.05, 4.69) is 10.0 Å². The van der Waals surface area contributed by atoms with Gasteiger partial charge in [0.15, 0.2) is 0 Å². The molecule has 1 aliphatic heterocycles. The molecule has 3 rings (SSSR count). The molecule has 2 aromatic rings. The number of benzene rings is 2. The molecule has 1 unspecified atom stereocenters. The van der Waals surface area contributed by atoms with Gasteiger partial charge >= 0.3 is 0 Å². The van der Waals surface area contributed by atoms with Crippen LogP contribution in [0.4, 0.5) is 11.4 Å². The molecule has 3 N–H and O–H groups in total. The van der Waals surface area contributed by atoms with Crippen LogP contribution in [0.5, 0.6) is 5.75 Å². The molecule has 1 heterocycles. The van der Waals surface area contributed by atoms with Gasteiger partial charge in [-0.15, -0.1) is 0 Å². The summed E-state index contributed by atoms with van der Waals surface area (Å²) in [4.78, 5) is 28.6. The van der Waals surface area contributed by atoms with Crippen LogP contribution in [0.1, 0.15) is 54.6 Å². The van der Waals surface area contributed by atoms with Gasteiger partial charge < -0.3 is 15.3 Å². The molecule has 0 bridgehead atoms. The van der Waals surface area contributed by atoms with Gasteiger partial charge in [0.05, 0.1) is 6.26 Å². The number of carbonyl (C=O) groups excluding carboxylic acids is 2. The van der Waals surface area contributed by atoms with E-state index in [1.165, 1.54) is 0 Å². The maximum Gasteiger partial charge on any atom is 0.251 e. The summed E-state index contributed by atoms with van der Waals surface area (Å²) in [5.41, 5.74) is 3.67. The lowest BCUT2D eigenvalue weighted by atomic mass is 9.87. The van der Waals surface area contributed by atoms with E-state index in [4.69, 9.17) is 0 Å². The standard InChI is InChI=1S/C25H33N3O5S/c1-14-12-20(15(2)16(3)22(14)29)26-23(30)21-19-13-18(27-34(7,32)33)9-8-17(19)10-11-28(21)24(31)25(4,5)6/h8-9,12-13,21,27,29H,10-11H2,1-7H3,(H,26,30). The van der Waals surface area contributed by atoms with Gasteiger partial charge in [0.25, 0.3) is 5.91 Å². The van der Waals surface area contributed by atoms with Gasteiger partial charge in [-0.2, -0.15) is 0 Å². The fourth-order valence-electron chi connectivity index (χ4n) is 4.22. The van der Waals surface area contributed by atoms with Crippen LogP contribution in [0.15, 0.2) is 24.3 Å². The highest BCUT2D eigenvalue weighted by atomic mass is 32.2. The Hall–Kier alpha value is -3.07. The molecule has 0 aliphatic carbocycles. The number of nitrogens with one attached hydrogen (secondary N) is 2. The van der Waals surface area contributed by atoms with Crippen LogP contribution in [0.2, 0.25) is 0 Å². The van der Waals surface area contributed by atoms with Crippen molar-refractivity contribution >= 4 is 33.2 Å². The number of phenols is 1. The minimum Gasteiger partial charge on any atom is -0.507 e. The van der Waals surface area contributed by atoms with Crippen molar-refractivity contribution in [3.05, 3.63) is 52.1 Å². The number of hydrogen-bond acceptors (Lipinski definition) is 5. The van der Waals surface area contributed by atoms with Crippen molar-refractivity contribution in [2.45, 2.75) is 54.0 Å². The minimum atomic E-state index is -3.52. The first-order valence-electron chi connectivity index (χ1n) is 11.1. The van der Waals surface area contributed by atoms with E-state index in [-0.39, 0.29) is 11.7 Å². The van der Waals surface area contributed by atoms with Gasteiger partial charge in [-0.25, -0.2) is 8.42 Å². The molecule has 0 saturated carbocycles. The van der Waals surface area contributed by atoms with E-state index in [0.717, 1.165) is 17.4 Å². The Kier molecular flexibility index (Phi) is 6.72. The summed E-state index contributed by atoms with van der Waals surface area (Å²) in [6.45, 7) is 11.1. The third kappa shape index (κ3) is 5.19. The number of carbonyl (C=O) groups is 2. The first-order valence-corrected chi connectivity index (χ1v) is 13.0. The molecule has 0 aromatic heterocycles. The zero-order valence-electron chi connectivity index (χ0n) is 20.7. The Balaban J connectivity index is 2.10. The SMILES string of the molecule is Cc1cc(NC(=O)C2c3cc(NS(C)(=O)=O)ccc3CCN2C(=O)C(C)(C)C)c(C)c(C)c1O. The zero-order chi connectivity index (χ0) is 25.6. The third-order valence-electron chi connectivity index (χ3n) is 6.14. The molecular weight excluding hydrogens is 454 g/mol. The molecule has 184 valence electrons. The first kappa shape index (κ1) is 25.6. The summed E-state index contributed by atoms with van der Waals surface area (Å²) >= 11 is 0. The number of hydrogen-bond donors (Lipinski definition) is 3. The van der Waals surface area contributed by atoms with E-state index >= 15 is 0 Å². The van der Waals surface area contributed by atoms with E-state index in [9.17, 15) is 23.1 Å². The van der Waals surface area contributed by atoms with Crippen molar-refractivity contribution in [1.29, 1.82) is 0 Å². The quantitative estimate of drug-likeness (QED) is 0.568. The number of amides is 2. The summed E-state index contributed by atoms with van der Waals surface area (Å²) in [7, 11) is -3.52. The van der Waals surface area contributed by atoms with E-state index in [1.54, 1.807) is 63.8 Å². The molecule has 0 saturated heterocycles. The molecule has 0 spiro atoms. The maximum absolute atomic E-state index is 13.7. The monoisotopic (exact) mass is 487 g/mol. The van der Waals surface area contributed by atoms with Crippen molar-refractivity contribution in [1.82, 2.24) is 4.90 Å². The van der Waals surface area contributed by atoms with Gasteiger partial charge in [-0.1, -0.05) is 26.8 Å². The molecule has 1 aliphatic rings. The highest BCUT2D eigenvalue weighted by Crippen LogP contribution is 2.37. The van der Waals surface area contributed by atoms with Crippen LogP contribution in [0.3, 0.4) is 0 Å². The molecule has 1 atom stereocenters. The van der Waals surface area contributed by atoms with Gasteiger partial charge in [-0.05, 0) is 73.2 Å². The molecule has 9 heteroatoms. The van der Waals surface area contributed by atoms with Crippen LogP contribution < -0.4 is 10.0 Å². The predicted molar refractivity (Wildman–Crippen MR) is 133 cm³/mol. The van der Waals surface area contributed by atoms with Crippen molar-refractivity contribution in [3.63, 3.8) is 0 Å². The van der Waals surface area contributed by atoms with Crippen LogP contribution in [-0.4, -0.2) is 43.0 Å². The molecule has 0 fully saturated rings. The van der Waals surface area contributed by atoms with Crippen molar-refractivity contribution in [3.8, 4) is 5.75 Å². The van der Waals surface area contributed by atoms with E-state index < -0.39 is 27.4 Å². The Morgan fingerprint density at radius 2 is 1.74 bits per heavy atom. The zero-order valence-corrected chi connectivity index (χ0v) is 21.6. The Morgan fingerprint density at radius 3 is 2.32 bits per heavy atom. The van der Waals surface area contributed by atoms with Gasteiger partial charge in [-0.3, -0.25) is 14.3 Å². The fraction of sp³-hybridized carbons (Fsp3) is 0.440. The number of aryl methyl sites for hydroxylation is 1. The smallest absolute Gasteiger partial charge is 0.251 e. The van der Waals surface area contributed by atoms with Crippen LogP contribution in [0, 0.1) is 26.2 Å². The highest BCUT2D eigenvalue weighted by Gasteiger charge is 2.40. The highest BCUT2D eigenvalue weighted by molar-refractivity contribution is 7.92. The Morgan fingerprint density at radius 1 is 1.09 bits per heavy atom. The largest absolute Gasteiger partial charge is 0.507 e. The van der Waals surface area contributed by atoms with Crippen molar-refractivity contribution in [2.24, 2.45) is 5.41 Å². The van der Waals surface area contributed by atoms with Crippen LogP contribution in [0.25, 0.3) is 0 Å². The molecule has 0 radical (unpaired) electrons. The summed E-state index contributed by atoms with van der Waals surface area (Å²) in [5, 5.41) is 13.2. The average molecular weight is 488 g/mol. The van der Waals surface area contributed by atoms with E-state index in [1.807, 2.05) is 6.92 Å². The van der Waals surface area contributed by atoms with Crippen LogP contribution in [-0.2, 0) is 26.0 Å². The lowest BCUT2D eigenvalue weighted by Gasteiger charge is -2.39. The Labute approximate surface area is 201 Å². The molecule has 2 amide bonds. The number of rotatable bonds is 4. The van der Waals surface area contributed by atoms with E-state index in [0.29, 0.717) is 41.0 Å². The first-order chi connectivity index (χ1) is 15.6. The summed E-state index contributed by atoms with van der Waals surface area (Å²) in [6.07, 6.45) is 1.61. The molecule has 34 heavy (non-hydrogen) atoms. The number of sulfonamides is 1. The second kappa shape index (κ2) is 8.94. The second-order valence-electron chi connectivity index (χ2n) is 10.0. The van der Waals surface area contributed by atoms with Gasteiger partial charge in [0.2, 0.25) is 15.9 Å². The number of nitrogens with zero attached hydrogens (tertiary/aromatic N) is 1. The normalized spacial score (nSPS) is 16.1. The predicted octanol–water partition coefficient (Wildman–Crippen LogP) is 3.80.